The minimum absolute atomic E-state index is 0.0152. The normalized spacial score (nSPS) is 11.9. The van der Waals surface area contributed by atoms with E-state index in [-0.39, 0.29) is 17.7 Å². The second-order valence-electron chi connectivity index (χ2n) is 3.63. The van der Waals surface area contributed by atoms with Crippen molar-refractivity contribution in [2.24, 2.45) is 0 Å². The lowest BCUT2D eigenvalue weighted by atomic mass is 10.1. The summed E-state index contributed by atoms with van der Waals surface area (Å²) < 4.78 is 0. The zero-order valence-electron chi connectivity index (χ0n) is 9.70. The van der Waals surface area contributed by atoms with Gasteiger partial charge in [0, 0.05) is 11.3 Å². The smallest absolute Gasteiger partial charge is 0.241 e. The van der Waals surface area contributed by atoms with E-state index in [0.29, 0.717) is 11.3 Å². The topological polar surface area (TPSA) is 58.2 Å². The molecule has 1 rings (SSSR count). The number of carbonyl (C=O) groups is 2. The second-order valence-corrected chi connectivity index (χ2v) is 3.63. The van der Waals surface area contributed by atoms with Crippen molar-refractivity contribution in [2.45, 2.75) is 19.9 Å². The molecule has 0 radical (unpaired) electrons. The van der Waals surface area contributed by atoms with E-state index in [1.54, 1.807) is 38.2 Å². The van der Waals surface area contributed by atoms with Crippen molar-refractivity contribution in [3.63, 3.8) is 0 Å². The Morgan fingerprint density at radius 1 is 1.19 bits per heavy atom. The molecule has 0 aliphatic rings. The van der Waals surface area contributed by atoms with E-state index < -0.39 is 0 Å². The van der Waals surface area contributed by atoms with Gasteiger partial charge in [-0.2, -0.15) is 0 Å². The van der Waals surface area contributed by atoms with Crippen LogP contribution in [-0.4, -0.2) is 24.8 Å². The summed E-state index contributed by atoms with van der Waals surface area (Å²) in [6.45, 7) is 3.29. The molecule has 0 aromatic heterocycles. The summed E-state index contributed by atoms with van der Waals surface area (Å²) in [6, 6.07) is 6.59. The van der Waals surface area contributed by atoms with Crippen molar-refractivity contribution in [2.75, 3.05) is 12.4 Å². The standard InChI is InChI=1S/C12H16N2O2/c1-8(13-3)12(16)14-11-6-4-10(5-7-11)9(2)15/h4-8,13H,1-3H3,(H,14,16). The van der Waals surface area contributed by atoms with Crippen molar-refractivity contribution >= 4 is 17.4 Å². The van der Waals surface area contributed by atoms with Gasteiger partial charge in [-0.05, 0) is 45.2 Å². The second kappa shape index (κ2) is 5.42. The highest BCUT2D eigenvalue weighted by molar-refractivity contribution is 5.96. The Morgan fingerprint density at radius 3 is 2.19 bits per heavy atom. The van der Waals surface area contributed by atoms with Crippen LogP contribution in [0.15, 0.2) is 24.3 Å². The number of rotatable bonds is 4. The van der Waals surface area contributed by atoms with Crippen LogP contribution in [0, 0.1) is 0 Å². The molecule has 0 bridgehead atoms. The van der Waals surface area contributed by atoms with Crippen LogP contribution in [0.4, 0.5) is 5.69 Å². The quantitative estimate of drug-likeness (QED) is 0.755. The van der Waals surface area contributed by atoms with Gasteiger partial charge in [-0.25, -0.2) is 0 Å². The first-order valence-electron chi connectivity index (χ1n) is 5.13. The van der Waals surface area contributed by atoms with Gasteiger partial charge in [0.05, 0.1) is 6.04 Å². The number of anilines is 1. The highest BCUT2D eigenvalue weighted by Gasteiger charge is 2.09. The lowest BCUT2D eigenvalue weighted by Gasteiger charge is -2.11. The van der Waals surface area contributed by atoms with Gasteiger partial charge in [0.25, 0.3) is 0 Å². The van der Waals surface area contributed by atoms with E-state index in [9.17, 15) is 9.59 Å². The summed E-state index contributed by atoms with van der Waals surface area (Å²) in [6.07, 6.45) is 0. The molecule has 16 heavy (non-hydrogen) atoms. The Morgan fingerprint density at radius 2 is 1.75 bits per heavy atom. The molecule has 86 valence electrons. The third-order valence-corrected chi connectivity index (χ3v) is 2.39. The van der Waals surface area contributed by atoms with E-state index >= 15 is 0 Å². The minimum Gasteiger partial charge on any atom is -0.325 e. The number of carbonyl (C=O) groups excluding carboxylic acids is 2. The number of nitrogens with one attached hydrogen (secondary N) is 2. The molecule has 4 nitrogen and oxygen atoms in total. The van der Waals surface area contributed by atoms with Crippen molar-refractivity contribution in [1.82, 2.24) is 5.32 Å². The van der Waals surface area contributed by atoms with Gasteiger partial charge in [-0.3, -0.25) is 9.59 Å². The van der Waals surface area contributed by atoms with Crippen molar-refractivity contribution in [3.05, 3.63) is 29.8 Å². The summed E-state index contributed by atoms with van der Waals surface area (Å²) in [5, 5.41) is 5.59. The van der Waals surface area contributed by atoms with Crippen LogP contribution < -0.4 is 10.6 Å². The highest BCUT2D eigenvalue weighted by Crippen LogP contribution is 2.10. The average molecular weight is 220 g/mol. The van der Waals surface area contributed by atoms with Crippen molar-refractivity contribution in [3.8, 4) is 0 Å². The minimum atomic E-state index is -0.243. The number of amides is 1. The molecule has 0 fully saturated rings. The van der Waals surface area contributed by atoms with Crippen molar-refractivity contribution < 1.29 is 9.59 Å². The molecule has 0 heterocycles. The Balaban J connectivity index is 2.69. The predicted molar refractivity (Wildman–Crippen MR) is 63.6 cm³/mol. The van der Waals surface area contributed by atoms with E-state index in [0.717, 1.165) is 0 Å². The molecule has 1 amide bonds. The van der Waals surface area contributed by atoms with Gasteiger partial charge >= 0.3 is 0 Å². The molecular weight excluding hydrogens is 204 g/mol. The first kappa shape index (κ1) is 12.4. The molecule has 1 atom stereocenters. The maximum atomic E-state index is 11.5. The molecular formula is C12H16N2O2. The molecule has 0 saturated carbocycles. The van der Waals surface area contributed by atoms with Crippen LogP contribution in [0.5, 0.6) is 0 Å². The molecule has 1 unspecified atom stereocenters. The molecule has 4 heteroatoms. The number of hydrogen-bond acceptors (Lipinski definition) is 3. The summed E-state index contributed by atoms with van der Waals surface area (Å²) in [7, 11) is 1.73. The maximum absolute atomic E-state index is 11.5. The van der Waals surface area contributed by atoms with Crippen molar-refractivity contribution in [1.29, 1.82) is 0 Å². The monoisotopic (exact) mass is 220 g/mol. The van der Waals surface area contributed by atoms with E-state index in [1.165, 1.54) is 6.92 Å². The number of ketones is 1. The van der Waals surface area contributed by atoms with Crippen LogP contribution in [0.2, 0.25) is 0 Å². The fourth-order valence-electron chi connectivity index (χ4n) is 1.17. The number of Topliss-reactive ketones (excluding diaryl/α,β-unsaturated/α-hetero) is 1. The Bertz CT molecular complexity index is 385. The van der Waals surface area contributed by atoms with Crippen LogP contribution in [-0.2, 0) is 4.79 Å². The summed E-state index contributed by atoms with van der Waals surface area (Å²) in [5.41, 5.74) is 1.33. The van der Waals surface area contributed by atoms with Gasteiger partial charge in [0.15, 0.2) is 5.78 Å². The molecule has 0 saturated heterocycles. The third-order valence-electron chi connectivity index (χ3n) is 2.39. The Kier molecular flexibility index (Phi) is 4.19. The number of hydrogen-bond donors (Lipinski definition) is 2. The van der Waals surface area contributed by atoms with E-state index in [2.05, 4.69) is 10.6 Å². The van der Waals surface area contributed by atoms with E-state index in [4.69, 9.17) is 0 Å². The first-order chi connectivity index (χ1) is 7.54. The number of likely N-dealkylation sites (N-methyl/N-ethyl adjacent to an activating group) is 1. The number of benzene rings is 1. The fourth-order valence-corrected chi connectivity index (χ4v) is 1.17. The Hall–Kier alpha value is -1.68. The van der Waals surface area contributed by atoms with Gasteiger partial charge in [0.2, 0.25) is 5.91 Å². The first-order valence-corrected chi connectivity index (χ1v) is 5.13. The molecule has 0 aliphatic heterocycles. The fraction of sp³-hybridized carbons (Fsp3) is 0.333. The van der Waals surface area contributed by atoms with Gasteiger partial charge in [-0.15, -0.1) is 0 Å². The maximum Gasteiger partial charge on any atom is 0.241 e. The molecule has 0 spiro atoms. The lowest BCUT2D eigenvalue weighted by molar-refractivity contribution is -0.117. The van der Waals surface area contributed by atoms with Crippen LogP contribution >= 0.6 is 0 Å². The highest BCUT2D eigenvalue weighted by atomic mass is 16.2. The molecule has 2 N–H and O–H groups in total. The van der Waals surface area contributed by atoms with Gasteiger partial charge in [0.1, 0.15) is 0 Å². The van der Waals surface area contributed by atoms with Crippen LogP contribution in [0.1, 0.15) is 24.2 Å². The summed E-state index contributed by atoms with van der Waals surface area (Å²) in [5.74, 6) is -0.0838. The summed E-state index contributed by atoms with van der Waals surface area (Å²) in [4.78, 5) is 22.6. The summed E-state index contributed by atoms with van der Waals surface area (Å²) >= 11 is 0. The zero-order chi connectivity index (χ0) is 12.1. The molecule has 0 aliphatic carbocycles. The van der Waals surface area contributed by atoms with Gasteiger partial charge in [-0.1, -0.05) is 0 Å². The third kappa shape index (κ3) is 3.17. The van der Waals surface area contributed by atoms with Gasteiger partial charge < -0.3 is 10.6 Å². The lowest BCUT2D eigenvalue weighted by Crippen LogP contribution is -2.35. The molecule has 1 aromatic carbocycles. The van der Waals surface area contributed by atoms with Crippen LogP contribution in [0.3, 0.4) is 0 Å². The molecule has 1 aromatic rings. The largest absolute Gasteiger partial charge is 0.325 e. The van der Waals surface area contributed by atoms with E-state index in [1.807, 2.05) is 0 Å². The zero-order valence-corrected chi connectivity index (χ0v) is 9.70. The predicted octanol–water partition coefficient (Wildman–Crippen LogP) is 1.44. The SMILES string of the molecule is CNC(C)C(=O)Nc1ccc(C(C)=O)cc1. The Labute approximate surface area is 95.0 Å². The van der Waals surface area contributed by atoms with Crippen LogP contribution in [0.25, 0.3) is 0 Å². The average Bonchev–Trinajstić information content (AvgIpc) is 2.28.